The highest BCUT2D eigenvalue weighted by Crippen LogP contribution is 2.18. The molecule has 1 N–H and O–H groups in total. The van der Waals surface area contributed by atoms with Crippen LogP contribution in [0, 0.1) is 18.6 Å². The molecule has 0 aliphatic heterocycles. The second-order valence-corrected chi connectivity index (χ2v) is 3.97. The first kappa shape index (κ1) is 12.4. The molecule has 0 atom stereocenters. The Morgan fingerprint density at radius 2 is 2.00 bits per heavy atom. The molecule has 0 aliphatic carbocycles. The third-order valence-electron chi connectivity index (χ3n) is 2.78. The van der Waals surface area contributed by atoms with E-state index in [0.29, 0.717) is 23.2 Å². The lowest BCUT2D eigenvalue weighted by atomic mass is 10.1. The second-order valence-electron chi connectivity index (χ2n) is 3.97. The lowest BCUT2D eigenvalue weighted by Crippen LogP contribution is -2.15. The Hall–Kier alpha value is -2.04. The van der Waals surface area contributed by atoms with Crippen LogP contribution >= 0.6 is 0 Å². The van der Waals surface area contributed by atoms with Gasteiger partial charge in [-0.3, -0.25) is 4.79 Å². The number of nitrogens with zero attached hydrogens (tertiary/aromatic N) is 1. The highest BCUT2D eigenvalue weighted by molar-refractivity contribution is 5.55. The molecule has 18 heavy (non-hydrogen) atoms. The summed E-state index contributed by atoms with van der Waals surface area (Å²) in [6.07, 6.45) is 0.604. The van der Waals surface area contributed by atoms with Gasteiger partial charge in [-0.25, -0.2) is 13.8 Å². The van der Waals surface area contributed by atoms with Gasteiger partial charge in [0.05, 0.1) is 5.69 Å². The van der Waals surface area contributed by atoms with Crippen molar-refractivity contribution in [2.24, 2.45) is 0 Å². The van der Waals surface area contributed by atoms with Crippen molar-refractivity contribution in [3.63, 3.8) is 0 Å². The standard InChI is InChI=1S/C13H12F2N2O/c1-3-11-7(2)13(18)17-12(16-11)8-4-5-9(14)10(15)6-8/h4-6H,3H2,1-2H3,(H,16,17,18). The molecule has 2 aromatic rings. The van der Waals surface area contributed by atoms with Crippen molar-refractivity contribution >= 4 is 0 Å². The molecule has 0 bridgehead atoms. The summed E-state index contributed by atoms with van der Waals surface area (Å²) in [5, 5.41) is 0. The van der Waals surface area contributed by atoms with Gasteiger partial charge in [0, 0.05) is 11.1 Å². The number of aryl methyl sites for hydroxylation is 1. The van der Waals surface area contributed by atoms with Gasteiger partial charge in [-0.15, -0.1) is 0 Å². The van der Waals surface area contributed by atoms with Crippen LogP contribution in [-0.2, 0) is 6.42 Å². The molecule has 3 nitrogen and oxygen atoms in total. The highest BCUT2D eigenvalue weighted by atomic mass is 19.2. The quantitative estimate of drug-likeness (QED) is 0.890. The highest BCUT2D eigenvalue weighted by Gasteiger charge is 2.10. The fourth-order valence-electron chi connectivity index (χ4n) is 1.70. The first-order valence-corrected chi connectivity index (χ1v) is 5.58. The number of aromatic nitrogens is 2. The maximum absolute atomic E-state index is 13.1. The van der Waals surface area contributed by atoms with Crippen LogP contribution in [0.15, 0.2) is 23.0 Å². The van der Waals surface area contributed by atoms with E-state index in [2.05, 4.69) is 9.97 Å². The summed E-state index contributed by atoms with van der Waals surface area (Å²) < 4.78 is 26.0. The molecule has 1 aromatic heterocycles. The van der Waals surface area contributed by atoms with Gasteiger partial charge in [-0.2, -0.15) is 0 Å². The Morgan fingerprint density at radius 3 is 2.61 bits per heavy atom. The van der Waals surface area contributed by atoms with Crippen molar-refractivity contribution < 1.29 is 8.78 Å². The SMILES string of the molecule is CCc1nc(-c2ccc(F)c(F)c2)[nH]c(=O)c1C. The van der Waals surface area contributed by atoms with E-state index in [9.17, 15) is 13.6 Å². The summed E-state index contributed by atoms with van der Waals surface area (Å²) in [5.41, 5.74) is 1.28. The minimum atomic E-state index is -0.964. The summed E-state index contributed by atoms with van der Waals surface area (Å²) in [4.78, 5) is 18.5. The van der Waals surface area contributed by atoms with Crippen LogP contribution < -0.4 is 5.56 Å². The van der Waals surface area contributed by atoms with E-state index in [1.54, 1.807) is 6.92 Å². The van der Waals surface area contributed by atoms with E-state index in [0.717, 1.165) is 12.1 Å². The summed E-state index contributed by atoms with van der Waals surface area (Å²) in [6, 6.07) is 3.41. The van der Waals surface area contributed by atoms with E-state index in [1.165, 1.54) is 6.07 Å². The number of nitrogens with one attached hydrogen (secondary N) is 1. The topological polar surface area (TPSA) is 45.8 Å². The van der Waals surface area contributed by atoms with Crippen LogP contribution in [0.2, 0.25) is 0 Å². The number of H-pyrrole nitrogens is 1. The average molecular weight is 250 g/mol. The molecule has 0 amide bonds. The van der Waals surface area contributed by atoms with Gasteiger partial charge in [-0.05, 0) is 31.5 Å². The van der Waals surface area contributed by atoms with Crippen LogP contribution in [0.5, 0.6) is 0 Å². The van der Waals surface area contributed by atoms with E-state index in [-0.39, 0.29) is 11.4 Å². The van der Waals surface area contributed by atoms with Crippen molar-refractivity contribution in [2.75, 3.05) is 0 Å². The zero-order valence-electron chi connectivity index (χ0n) is 10.1. The fraction of sp³-hybridized carbons (Fsp3) is 0.231. The fourth-order valence-corrected chi connectivity index (χ4v) is 1.70. The lowest BCUT2D eigenvalue weighted by molar-refractivity contribution is 0.509. The Labute approximate surface area is 103 Å². The molecule has 0 saturated carbocycles. The van der Waals surface area contributed by atoms with E-state index < -0.39 is 11.6 Å². The van der Waals surface area contributed by atoms with Crippen LogP contribution in [0.25, 0.3) is 11.4 Å². The zero-order valence-corrected chi connectivity index (χ0v) is 10.1. The van der Waals surface area contributed by atoms with Crippen LogP contribution in [0.4, 0.5) is 8.78 Å². The molecule has 0 fully saturated rings. The number of hydrogen-bond acceptors (Lipinski definition) is 2. The van der Waals surface area contributed by atoms with E-state index in [1.807, 2.05) is 6.92 Å². The van der Waals surface area contributed by atoms with Gasteiger partial charge in [0.2, 0.25) is 0 Å². The first-order valence-electron chi connectivity index (χ1n) is 5.58. The average Bonchev–Trinajstić information content (AvgIpc) is 2.36. The maximum atomic E-state index is 13.1. The summed E-state index contributed by atoms with van der Waals surface area (Å²) >= 11 is 0. The molecule has 2 rings (SSSR count). The third-order valence-corrected chi connectivity index (χ3v) is 2.78. The molecular formula is C13H12F2N2O. The third kappa shape index (κ3) is 2.16. The minimum absolute atomic E-state index is 0.251. The van der Waals surface area contributed by atoms with Crippen molar-refractivity contribution in [1.29, 1.82) is 0 Å². The van der Waals surface area contributed by atoms with Gasteiger partial charge in [0.15, 0.2) is 11.6 Å². The molecule has 5 heteroatoms. The lowest BCUT2D eigenvalue weighted by Gasteiger charge is -2.06. The van der Waals surface area contributed by atoms with Crippen molar-refractivity contribution in [1.82, 2.24) is 9.97 Å². The van der Waals surface area contributed by atoms with Gasteiger partial charge < -0.3 is 4.98 Å². The number of halogens is 2. The number of benzene rings is 1. The minimum Gasteiger partial charge on any atom is -0.306 e. The Morgan fingerprint density at radius 1 is 1.28 bits per heavy atom. The van der Waals surface area contributed by atoms with Crippen LogP contribution in [0.3, 0.4) is 0 Å². The maximum Gasteiger partial charge on any atom is 0.254 e. The van der Waals surface area contributed by atoms with Gasteiger partial charge in [0.1, 0.15) is 5.82 Å². The number of aromatic amines is 1. The number of rotatable bonds is 2. The molecule has 0 spiro atoms. The Balaban J connectivity index is 2.60. The molecule has 1 aromatic carbocycles. The summed E-state index contributed by atoms with van der Waals surface area (Å²) in [6.45, 7) is 3.56. The van der Waals surface area contributed by atoms with Crippen molar-refractivity contribution in [3.8, 4) is 11.4 Å². The summed E-state index contributed by atoms with van der Waals surface area (Å²) in [5.74, 6) is -1.64. The molecule has 0 unspecified atom stereocenters. The van der Waals surface area contributed by atoms with Crippen molar-refractivity contribution in [2.45, 2.75) is 20.3 Å². The molecule has 0 radical (unpaired) electrons. The summed E-state index contributed by atoms with van der Waals surface area (Å²) in [7, 11) is 0. The van der Waals surface area contributed by atoms with E-state index in [4.69, 9.17) is 0 Å². The normalized spacial score (nSPS) is 10.7. The molecule has 1 heterocycles. The molecule has 94 valence electrons. The predicted octanol–water partition coefficient (Wildman–Crippen LogP) is 2.59. The zero-order chi connectivity index (χ0) is 13.3. The Kier molecular flexibility index (Phi) is 3.23. The van der Waals surface area contributed by atoms with Crippen LogP contribution in [0.1, 0.15) is 18.2 Å². The molecule has 0 aliphatic rings. The van der Waals surface area contributed by atoms with E-state index >= 15 is 0 Å². The monoisotopic (exact) mass is 250 g/mol. The second kappa shape index (κ2) is 4.68. The number of hydrogen-bond donors (Lipinski definition) is 1. The van der Waals surface area contributed by atoms with Gasteiger partial charge in [-0.1, -0.05) is 6.92 Å². The first-order chi connectivity index (χ1) is 8.52. The largest absolute Gasteiger partial charge is 0.306 e. The van der Waals surface area contributed by atoms with Gasteiger partial charge >= 0.3 is 0 Å². The molecular weight excluding hydrogens is 238 g/mol. The molecule has 0 saturated heterocycles. The predicted molar refractivity (Wildman–Crippen MR) is 64.3 cm³/mol. The Bertz CT molecular complexity index is 650. The van der Waals surface area contributed by atoms with Crippen molar-refractivity contribution in [3.05, 3.63) is 51.4 Å². The smallest absolute Gasteiger partial charge is 0.254 e. The van der Waals surface area contributed by atoms with Gasteiger partial charge in [0.25, 0.3) is 5.56 Å². The van der Waals surface area contributed by atoms with Crippen LogP contribution in [-0.4, -0.2) is 9.97 Å².